The Balaban J connectivity index is 1.84. The van der Waals surface area contributed by atoms with Crippen molar-refractivity contribution in [2.24, 2.45) is 5.73 Å². The van der Waals surface area contributed by atoms with Gasteiger partial charge >= 0.3 is 5.84 Å². The van der Waals surface area contributed by atoms with Gasteiger partial charge in [0, 0.05) is 9.26 Å². The maximum atomic E-state index is 11.7. The van der Waals surface area contributed by atoms with Crippen LogP contribution in [0.1, 0.15) is 5.56 Å². The lowest BCUT2D eigenvalue weighted by Gasteiger charge is -2.04. The quantitative estimate of drug-likeness (QED) is 0.301. The smallest absolute Gasteiger partial charge is 0.311 e. The Morgan fingerprint density at radius 3 is 2.67 bits per heavy atom. The van der Waals surface area contributed by atoms with Crippen molar-refractivity contribution < 1.29 is 14.8 Å². The number of amidine groups is 1. The minimum Gasteiger partial charge on any atom is -0.333 e. The fourth-order valence-electron chi connectivity index (χ4n) is 1.62. The predicted octanol–water partition coefficient (Wildman–Crippen LogP) is 0.647. The van der Waals surface area contributed by atoms with Gasteiger partial charge in [0.05, 0.1) is 5.56 Å². The molecule has 0 radical (unpaired) electrons. The van der Waals surface area contributed by atoms with Crippen molar-refractivity contribution in [2.45, 2.75) is 0 Å². The third-order valence-corrected chi connectivity index (χ3v) is 3.25. The van der Waals surface area contributed by atoms with E-state index < -0.39 is 0 Å². The van der Waals surface area contributed by atoms with Crippen molar-refractivity contribution >= 4 is 40.0 Å². The molecule has 0 spiro atoms. The van der Waals surface area contributed by atoms with Crippen LogP contribution in [-0.2, 0) is 9.63 Å². The van der Waals surface area contributed by atoms with Gasteiger partial charge < -0.3 is 10.2 Å². The van der Waals surface area contributed by atoms with Crippen LogP contribution in [0.3, 0.4) is 0 Å². The van der Waals surface area contributed by atoms with E-state index in [0.717, 1.165) is 14.8 Å². The van der Waals surface area contributed by atoms with E-state index in [1.807, 2.05) is 54.6 Å². The highest BCUT2D eigenvalue weighted by Crippen LogP contribution is 2.11. The number of hydrogen-bond donors (Lipinski definition) is 3. The maximum Gasteiger partial charge on any atom is 0.311 e. The largest absolute Gasteiger partial charge is 0.333 e. The number of carbonyl (C=O) groups excluding carboxylic acids is 1. The molecule has 108 valence electrons. The van der Waals surface area contributed by atoms with Crippen molar-refractivity contribution in [3.8, 4) is 0 Å². The standard InChI is InChI=1S/C15H14IN3O2/c16-12-7-4-8-13(9-12)18-14(20)10-21-19-15(17)11-5-2-1-3-6-11/h1-9H,10H2,(H2,17,19)(H,18,20)/p+1. The van der Waals surface area contributed by atoms with Crippen LogP contribution >= 0.6 is 22.6 Å². The average molecular weight is 396 g/mol. The second-order valence-corrected chi connectivity index (χ2v) is 5.47. The molecule has 0 heterocycles. The predicted molar refractivity (Wildman–Crippen MR) is 89.4 cm³/mol. The van der Waals surface area contributed by atoms with Gasteiger partial charge in [0.2, 0.25) is 6.61 Å². The Kier molecular flexibility index (Phi) is 5.56. The van der Waals surface area contributed by atoms with Crippen LogP contribution in [0.4, 0.5) is 5.69 Å². The first kappa shape index (κ1) is 15.3. The Hall–Kier alpha value is -2.09. The molecule has 0 aliphatic rings. The molecular formula is C15H15IN3O2+. The lowest BCUT2D eigenvalue weighted by Crippen LogP contribution is -2.75. The van der Waals surface area contributed by atoms with Crippen molar-refractivity contribution in [3.05, 3.63) is 63.7 Å². The average Bonchev–Trinajstić information content (AvgIpc) is 2.48. The number of amides is 1. The van der Waals surface area contributed by atoms with E-state index in [-0.39, 0.29) is 12.5 Å². The summed E-state index contributed by atoms with van der Waals surface area (Å²) < 4.78 is 1.05. The van der Waals surface area contributed by atoms with E-state index in [0.29, 0.717) is 5.84 Å². The van der Waals surface area contributed by atoms with Crippen molar-refractivity contribution in [3.63, 3.8) is 0 Å². The minimum absolute atomic E-state index is 0.140. The monoisotopic (exact) mass is 396 g/mol. The summed E-state index contributed by atoms with van der Waals surface area (Å²) in [7, 11) is 0. The van der Waals surface area contributed by atoms with Crippen LogP contribution in [-0.4, -0.2) is 18.3 Å². The molecule has 0 bridgehead atoms. The molecule has 0 aliphatic carbocycles. The van der Waals surface area contributed by atoms with E-state index in [9.17, 15) is 4.79 Å². The summed E-state index contributed by atoms with van der Waals surface area (Å²) >= 11 is 2.18. The second kappa shape index (κ2) is 7.63. The summed E-state index contributed by atoms with van der Waals surface area (Å²) in [6, 6.07) is 16.8. The van der Waals surface area contributed by atoms with Gasteiger partial charge in [-0.3, -0.25) is 10.5 Å². The first-order chi connectivity index (χ1) is 10.1. The number of benzene rings is 2. The number of anilines is 1. The summed E-state index contributed by atoms with van der Waals surface area (Å²) in [6.45, 7) is -0.140. The van der Waals surface area contributed by atoms with Gasteiger partial charge in [0.15, 0.2) is 0 Å². The van der Waals surface area contributed by atoms with E-state index in [4.69, 9.17) is 10.6 Å². The summed E-state index contributed by atoms with van der Waals surface area (Å²) in [5.41, 5.74) is 7.33. The Labute approximate surface area is 136 Å². The highest BCUT2D eigenvalue weighted by molar-refractivity contribution is 14.1. The molecule has 2 aromatic carbocycles. The zero-order valence-corrected chi connectivity index (χ0v) is 13.3. The first-order valence-electron chi connectivity index (χ1n) is 6.26. The number of nitrogen functional groups attached to an aromatic ring is 1. The number of halogens is 1. The molecule has 0 saturated carbocycles. The zero-order chi connectivity index (χ0) is 15.1. The third-order valence-electron chi connectivity index (χ3n) is 2.58. The Morgan fingerprint density at radius 1 is 1.19 bits per heavy atom. The van der Waals surface area contributed by atoms with E-state index >= 15 is 0 Å². The van der Waals surface area contributed by atoms with Gasteiger partial charge in [-0.05, 0) is 52.9 Å². The molecule has 2 aromatic rings. The normalized spacial score (nSPS) is 11.0. The fraction of sp³-hybridized carbons (Fsp3) is 0.0667. The number of rotatable bonds is 5. The van der Waals surface area contributed by atoms with Gasteiger partial charge in [-0.2, -0.15) is 0 Å². The summed E-state index contributed by atoms with van der Waals surface area (Å²) in [6.07, 6.45) is 0. The molecule has 5 nitrogen and oxygen atoms in total. The fourth-order valence-corrected chi connectivity index (χ4v) is 2.16. The molecule has 21 heavy (non-hydrogen) atoms. The van der Waals surface area contributed by atoms with Crippen molar-refractivity contribution in [1.29, 1.82) is 0 Å². The second-order valence-electron chi connectivity index (χ2n) is 4.23. The van der Waals surface area contributed by atoms with Crippen LogP contribution in [0, 0.1) is 3.57 Å². The molecule has 1 amide bonds. The van der Waals surface area contributed by atoms with Gasteiger partial charge in [-0.15, -0.1) is 0 Å². The lowest BCUT2D eigenvalue weighted by molar-refractivity contribution is -0.749. The lowest BCUT2D eigenvalue weighted by atomic mass is 10.2. The Morgan fingerprint density at radius 2 is 1.95 bits per heavy atom. The van der Waals surface area contributed by atoms with Gasteiger partial charge in [0.25, 0.3) is 5.91 Å². The van der Waals surface area contributed by atoms with E-state index in [2.05, 4.69) is 33.1 Å². The Bertz CT molecular complexity index is 644. The maximum absolute atomic E-state index is 11.7. The topological polar surface area (TPSA) is 78.3 Å². The number of nitrogens with one attached hydrogen (secondary N) is 2. The first-order valence-corrected chi connectivity index (χ1v) is 7.34. The summed E-state index contributed by atoms with van der Waals surface area (Å²) in [5.74, 6) is 0.100. The highest BCUT2D eigenvalue weighted by Gasteiger charge is 2.06. The van der Waals surface area contributed by atoms with E-state index in [1.165, 1.54) is 0 Å². The number of nitrogens with two attached hydrogens (primary N) is 1. The van der Waals surface area contributed by atoms with Crippen LogP contribution in [0.15, 0.2) is 54.6 Å². The minimum atomic E-state index is -0.259. The van der Waals surface area contributed by atoms with Crippen molar-refractivity contribution in [2.75, 3.05) is 11.9 Å². The number of hydrogen-bond acceptors (Lipinski definition) is 2. The molecule has 0 saturated heterocycles. The van der Waals surface area contributed by atoms with Gasteiger partial charge in [0.1, 0.15) is 0 Å². The SMILES string of the molecule is NC(=[NH+]OCC(=O)Nc1cccc(I)c1)c1ccccc1. The molecule has 0 unspecified atom stereocenters. The van der Waals surface area contributed by atoms with Gasteiger partial charge in [-0.25, -0.2) is 0 Å². The summed E-state index contributed by atoms with van der Waals surface area (Å²) in [4.78, 5) is 16.8. The third kappa shape index (κ3) is 5.07. The number of carbonyl (C=O) groups is 1. The molecule has 6 heteroatoms. The van der Waals surface area contributed by atoms with E-state index in [1.54, 1.807) is 0 Å². The molecule has 0 fully saturated rings. The molecule has 4 N–H and O–H groups in total. The van der Waals surface area contributed by atoms with Crippen LogP contribution < -0.4 is 16.2 Å². The van der Waals surface area contributed by atoms with Crippen LogP contribution in [0.5, 0.6) is 0 Å². The highest BCUT2D eigenvalue weighted by atomic mass is 127. The summed E-state index contributed by atoms with van der Waals surface area (Å²) in [5, 5.41) is 5.30. The molecular weight excluding hydrogens is 381 g/mol. The van der Waals surface area contributed by atoms with Crippen molar-refractivity contribution in [1.82, 2.24) is 0 Å². The molecule has 0 aromatic heterocycles. The van der Waals surface area contributed by atoms with Crippen LogP contribution in [0.25, 0.3) is 0 Å². The van der Waals surface area contributed by atoms with Gasteiger partial charge in [-0.1, -0.05) is 29.4 Å². The molecule has 0 aliphatic heterocycles. The molecule has 0 atom stereocenters. The molecule has 2 rings (SSSR count). The van der Waals surface area contributed by atoms with Crippen LogP contribution in [0.2, 0.25) is 0 Å². The zero-order valence-electron chi connectivity index (χ0n) is 11.2.